The van der Waals surface area contributed by atoms with E-state index in [1.165, 1.54) is 13.0 Å². The number of rotatable bonds is 4. The Bertz CT molecular complexity index is 132. The summed E-state index contributed by atoms with van der Waals surface area (Å²) in [6, 6.07) is 0. The van der Waals surface area contributed by atoms with Crippen molar-refractivity contribution < 1.29 is 4.79 Å². The first-order valence-corrected chi connectivity index (χ1v) is 4.54. The van der Waals surface area contributed by atoms with Crippen LogP contribution in [0.4, 0.5) is 0 Å². The third kappa shape index (κ3) is 2.79. The van der Waals surface area contributed by atoms with E-state index in [9.17, 15) is 4.79 Å². The second-order valence-electron chi connectivity index (χ2n) is 3.08. The van der Waals surface area contributed by atoms with Crippen molar-refractivity contribution in [3.8, 4) is 0 Å². The van der Waals surface area contributed by atoms with Crippen LogP contribution in [0.1, 0.15) is 13.3 Å². The van der Waals surface area contributed by atoms with E-state index < -0.39 is 0 Å². The highest BCUT2D eigenvalue weighted by Gasteiger charge is 2.14. The van der Waals surface area contributed by atoms with E-state index in [-0.39, 0.29) is 0 Å². The minimum atomic E-state index is 0.746. The Morgan fingerprint density at radius 1 is 1.33 bits per heavy atom. The maximum absolute atomic E-state index is 10.1. The van der Waals surface area contributed by atoms with Crippen LogP contribution in [0.5, 0.6) is 0 Å². The zero-order valence-corrected chi connectivity index (χ0v) is 7.62. The summed E-state index contributed by atoms with van der Waals surface area (Å²) in [6.07, 6.45) is 1.95. The lowest BCUT2D eigenvalue weighted by atomic mass is 10.3. The lowest BCUT2D eigenvalue weighted by Crippen LogP contribution is -2.51. The van der Waals surface area contributed by atoms with Crippen molar-refractivity contribution >= 4 is 6.41 Å². The second-order valence-corrected chi connectivity index (χ2v) is 3.08. The van der Waals surface area contributed by atoms with E-state index in [0.29, 0.717) is 0 Å². The standard InChI is InChI=1S/C8H17N3O/c1-2-3-10-4-6-11(7-5-10)9-8-12/h8H,2-7H2,1H3,(H,9,12). The van der Waals surface area contributed by atoms with Crippen molar-refractivity contribution in [3.63, 3.8) is 0 Å². The van der Waals surface area contributed by atoms with Crippen LogP contribution >= 0.6 is 0 Å². The van der Waals surface area contributed by atoms with Crippen LogP contribution in [0.25, 0.3) is 0 Å². The van der Waals surface area contributed by atoms with Gasteiger partial charge >= 0.3 is 0 Å². The topological polar surface area (TPSA) is 35.6 Å². The molecular weight excluding hydrogens is 154 g/mol. The lowest BCUT2D eigenvalue weighted by Gasteiger charge is -2.33. The molecule has 1 saturated heterocycles. The number of carbonyl (C=O) groups excluding carboxylic acids is 1. The van der Waals surface area contributed by atoms with Crippen LogP contribution in [0.3, 0.4) is 0 Å². The molecule has 0 atom stereocenters. The van der Waals surface area contributed by atoms with Crippen molar-refractivity contribution in [2.75, 3.05) is 32.7 Å². The average Bonchev–Trinajstić information content (AvgIpc) is 2.09. The fraction of sp³-hybridized carbons (Fsp3) is 0.875. The van der Waals surface area contributed by atoms with Crippen LogP contribution in [0.15, 0.2) is 0 Å². The van der Waals surface area contributed by atoms with Crippen LogP contribution in [-0.2, 0) is 4.79 Å². The summed E-state index contributed by atoms with van der Waals surface area (Å²) in [4.78, 5) is 12.5. The molecule has 0 unspecified atom stereocenters. The van der Waals surface area contributed by atoms with Gasteiger partial charge in [0.2, 0.25) is 6.41 Å². The lowest BCUT2D eigenvalue weighted by molar-refractivity contribution is -0.114. The van der Waals surface area contributed by atoms with E-state index in [0.717, 1.165) is 32.6 Å². The predicted molar refractivity (Wildman–Crippen MR) is 47.5 cm³/mol. The van der Waals surface area contributed by atoms with E-state index in [2.05, 4.69) is 17.2 Å². The van der Waals surface area contributed by atoms with Gasteiger partial charge in [0.25, 0.3) is 0 Å². The van der Waals surface area contributed by atoms with E-state index in [4.69, 9.17) is 0 Å². The van der Waals surface area contributed by atoms with Crippen LogP contribution in [-0.4, -0.2) is 49.0 Å². The Balaban J connectivity index is 2.15. The number of amides is 1. The van der Waals surface area contributed by atoms with Gasteiger partial charge in [-0.1, -0.05) is 6.92 Å². The minimum absolute atomic E-state index is 0.746. The fourth-order valence-corrected chi connectivity index (χ4v) is 1.49. The summed E-state index contributed by atoms with van der Waals surface area (Å²) in [6.45, 7) is 7.38. The van der Waals surface area contributed by atoms with Gasteiger partial charge in [0, 0.05) is 26.2 Å². The number of hydrogen-bond acceptors (Lipinski definition) is 3. The predicted octanol–water partition coefficient (Wildman–Crippen LogP) is -0.325. The molecule has 4 nitrogen and oxygen atoms in total. The third-order valence-electron chi connectivity index (χ3n) is 2.15. The molecule has 12 heavy (non-hydrogen) atoms. The molecule has 0 aliphatic carbocycles. The van der Waals surface area contributed by atoms with Gasteiger partial charge in [-0.2, -0.15) is 0 Å². The van der Waals surface area contributed by atoms with Gasteiger partial charge < -0.3 is 4.90 Å². The largest absolute Gasteiger partial charge is 0.301 e. The summed E-state index contributed by atoms with van der Waals surface area (Å²) in [5, 5.41) is 1.96. The van der Waals surface area contributed by atoms with Gasteiger partial charge in [-0.25, -0.2) is 5.01 Å². The Morgan fingerprint density at radius 3 is 2.50 bits per heavy atom. The molecular formula is C8H17N3O. The van der Waals surface area contributed by atoms with E-state index >= 15 is 0 Å². The van der Waals surface area contributed by atoms with Crippen LogP contribution < -0.4 is 5.43 Å². The fourth-order valence-electron chi connectivity index (χ4n) is 1.49. The molecule has 0 saturated carbocycles. The van der Waals surface area contributed by atoms with Gasteiger partial charge in [0.05, 0.1) is 0 Å². The average molecular weight is 171 g/mol. The Morgan fingerprint density at radius 2 is 2.00 bits per heavy atom. The summed E-state index contributed by atoms with van der Waals surface area (Å²) < 4.78 is 0. The molecule has 0 aromatic heterocycles. The van der Waals surface area contributed by atoms with Gasteiger partial charge in [-0.05, 0) is 13.0 Å². The molecule has 1 aliphatic heterocycles. The Kier molecular flexibility index (Phi) is 4.04. The summed E-state index contributed by atoms with van der Waals surface area (Å²) in [5.74, 6) is 0. The number of carbonyl (C=O) groups is 1. The first-order chi connectivity index (χ1) is 5.86. The minimum Gasteiger partial charge on any atom is -0.301 e. The molecule has 1 rings (SSSR count). The van der Waals surface area contributed by atoms with Crippen LogP contribution in [0.2, 0.25) is 0 Å². The second kappa shape index (κ2) is 5.11. The molecule has 70 valence electrons. The highest BCUT2D eigenvalue weighted by Crippen LogP contribution is 1.98. The molecule has 1 heterocycles. The zero-order valence-electron chi connectivity index (χ0n) is 7.62. The normalized spacial score (nSPS) is 20.8. The Hall–Kier alpha value is -0.610. The molecule has 1 aliphatic rings. The molecule has 0 aromatic rings. The molecule has 0 radical (unpaired) electrons. The SMILES string of the molecule is CCCN1CCN(NC=O)CC1. The highest BCUT2D eigenvalue weighted by atomic mass is 16.1. The molecule has 1 fully saturated rings. The summed E-state index contributed by atoms with van der Waals surface area (Å²) >= 11 is 0. The van der Waals surface area contributed by atoms with Crippen molar-refractivity contribution in [3.05, 3.63) is 0 Å². The van der Waals surface area contributed by atoms with Gasteiger partial charge in [0.1, 0.15) is 0 Å². The molecule has 1 amide bonds. The molecule has 0 spiro atoms. The van der Waals surface area contributed by atoms with Crippen LogP contribution in [0, 0.1) is 0 Å². The number of nitrogens with one attached hydrogen (secondary N) is 1. The first-order valence-electron chi connectivity index (χ1n) is 4.54. The number of nitrogens with zero attached hydrogens (tertiary/aromatic N) is 2. The van der Waals surface area contributed by atoms with Crippen molar-refractivity contribution in [1.29, 1.82) is 0 Å². The Labute approximate surface area is 73.5 Å². The summed E-state index contributed by atoms with van der Waals surface area (Å²) in [7, 11) is 0. The zero-order chi connectivity index (χ0) is 8.81. The maximum Gasteiger partial charge on any atom is 0.221 e. The number of hydrogen-bond donors (Lipinski definition) is 1. The van der Waals surface area contributed by atoms with E-state index in [1.807, 2.05) is 5.01 Å². The van der Waals surface area contributed by atoms with Crippen molar-refractivity contribution in [2.45, 2.75) is 13.3 Å². The maximum atomic E-state index is 10.1. The molecule has 1 N–H and O–H groups in total. The monoisotopic (exact) mass is 171 g/mol. The van der Waals surface area contributed by atoms with Crippen molar-refractivity contribution in [2.24, 2.45) is 0 Å². The number of piperazine rings is 1. The first kappa shape index (κ1) is 9.48. The number of hydrazine groups is 1. The van der Waals surface area contributed by atoms with Gasteiger partial charge in [-0.15, -0.1) is 0 Å². The molecule has 0 aromatic carbocycles. The highest BCUT2D eigenvalue weighted by molar-refractivity contribution is 5.44. The quantitative estimate of drug-likeness (QED) is 0.589. The molecule has 0 bridgehead atoms. The van der Waals surface area contributed by atoms with Crippen molar-refractivity contribution in [1.82, 2.24) is 15.3 Å². The smallest absolute Gasteiger partial charge is 0.221 e. The van der Waals surface area contributed by atoms with E-state index in [1.54, 1.807) is 0 Å². The molecule has 4 heteroatoms. The summed E-state index contributed by atoms with van der Waals surface area (Å²) in [5.41, 5.74) is 2.67. The van der Waals surface area contributed by atoms with Gasteiger partial charge in [-0.3, -0.25) is 10.2 Å². The third-order valence-corrected chi connectivity index (χ3v) is 2.15. The van der Waals surface area contributed by atoms with Gasteiger partial charge in [0.15, 0.2) is 0 Å².